The minimum atomic E-state index is -3.63. The summed E-state index contributed by atoms with van der Waals surface area (Å²) in [6.07, 6.45) is 0. The highest BCUT2D eigenvalue weighted by Crippen LogP contribution is 2.29. The van der Waals surface area contributed by atoms with Crippen molar-refractivity contribution in [2.45, 2.75) is 17.6 Å². The monoisotopic (exact) mass is 448 g/mol. The van der Waals surface area contributed by atoms with Gasteiger partial charge in [0, 0.05) is 10.6 Å². The Balaban J connectivity index is 1.57. The predicted molar refractivity (Wildman–Crippen MR) is 110 cm³/mol. The van der Waals surface area contributed by atoms with Crippen LogP contribution in [0.3, 0.4) is 0 Å². The molecule has 0 aliphatic carbocycles. The second kappa shape index (κ2) is 7.67. The third kappa shape index (κ3) is 4.07. The van der Waals surface area contributed by atoms with Gasteiger partial charge in [-0.15, -0.1) is 0 Å². The minimum Gasteiger partial charge on any atom is -0.455 e. The normalized spacial score (nSPS) is 11.7. The Hall–Kier alpha value is -2.61. The highest BCUT2D eigenvalue weighted by atomic mass is 35.5. The van der Waals surface area contributed by atoms with Gasteiger partial charge in [0.2, 0.25) is 5.82 Å². The van der Waals surface area contributed by atoms with Crippen molar-refractivity contribution < 1.29 is 17.4 Å². The number of hydrogen-bond acceptors (Lipinski definition) is 6. The van der Waals surface area contributed by atoms with Crippen LogP contribution in [-0.4, -0.2) is 18.6 Å². The largest absolute Gasteiger partial charge is 0.455 e. The van der Waals surface area contributed by atoms with Crippen LogP contribution in [0.1, 0.15) is 11.3 Å². The van der Waals surface area contributed by atoms with E-state index in [1.54, 1.807) is 43.3 Å². The second-order valence-electron chi connectivity index (χ2n) is 6.34. The Morgan fingerprint density at radius 2 is 1.79 bits per heavy atom. The first kappa shape index (κ1) is 19.7. The lowest BCUT2D eigenvalue weighted by molar-refractivity contribution is 0.413. The van der Waals surface area contributed by atoms with Gasteiger partial charge in [-0.2, -0.15) is 4.98 Å². The van der Waals surface area contributed by atoms with Crippen LogP contribution >= 0.6 is 23.2 Å². The fourth-order valence-corrected chi connectivity index (χ4v) is 4.42. The molecule has 148 valence electrons. The quantitative estimate of drug-likeness (QED) is 0.395. The first-order chi connectivity index (χ1) is 13.8. The van der Waals surface area contributed by atoms with E-state index < -0.39 is 9.84 Å². The van der Waals surface area contributed by atoms with Crippen molar-refractivity contribution in [3.63, 3.8) is 0 Å². The number of furan rings is 1. The fraction of sp³-hybridized carbons (Fsp3) is 0.100. The molecule has 0 saturated carbocycles. The Bertz CT molecular complexity index is 1300. The highest BCUT2D eigenvalue weighted by molar-refractivity contribution is 7.90. The van der Waals surface area contributed by atoms with Gasteiger partial charge in [-0.05, 0) is 48.9 Å². The number of halogens is 2. The Kier molecular flexibility index (Phi) is 5.21. The van der Waals surface area contributed by atoms with Crippen LogP contribution in [0.2, 0.25) is 10.0 Å². The molecule has 0 fully saturated rings. The fourth-order valence-electron chi connectivity index (χ4n) is 2.68. The maximum Gasteiger partial charge on any atom is 0.293 e. The van der Waals surface area contributed by atoms with Crippen LogP contribution < -0.4 is 0 Å². The summed E-state index contributed by atoms with van der Waals surface area (Å²) in [4.78, 5) is 4.41. The van der Waals surface area contributed by atoms with Crippen LogP contribution in [0.4, 0.5) is 0 Å². The van der Waals surface area contributed by atoms with Crippen molar-refractivity contribution in [1.29, 1.82) is 0 Å². The first-order valence-corrected chi connectivity index (χ1v) is 10.9. The van der Waals surface area contributed by atoms with Crippen LogP contribution in [0.5, 0.6) is 0 Å². The van der Waals surface area contributed by atoms with Gasteiger partial charge in [0.1, 0.15) is 11.5 Å². The Labute approximate surface area is 177 Å². The average molecular weight is 449 g/mol. The summed E-state index contributed by atoms with van der Waals surface area (Å²) in [6, 6.07) is 14.9. The van der Waals surface area contributed by atoms with Crippen molar-refractivity contribution in [3.8, 4) is 23.0 Å². The third-order valence-corrected chi connectivity index (χ3v) is 6.62. The topological polar surface area (TPSA) is 86.2 Å². The molecule has 29 heavy (non-hydrogen) atoms. The van der Waals surface area contributed by atoms with Crippen LogP contribution in [0.15, 0.2) is 68.4 Å². The van der Waals surface area contributed by atoms with E-state index in [-0.39, 0.29) is 28.1 Å². The van der Waals surface area contributed by atoms with Crippen LogP contribution in [0, 0.1) is 6.92 Å². The number of sulfone groups is 1. The lowest BCUT2D eigenvalue weighted by Gasteiger charge is -2.04. The molecule has 9 heteroatoms. The van der Waals surface area contributed by atoms with E-state index in [9.17, 15) is 8.42 Å². The molecule has 0 N–H and O–H groups in total. The number of aryl methyl sites for hydroxylation is 1. The van der Waals surface area contributed by atoms with E-state index in [1.807, 2.05) is 6.07 Å². The molecule has 2 aromatic carbocycles. The molecule has 0 spiro atoms. The maximum atomic E-state index is 12.7. The van der Waals surface area contributed by atoms with Crippen molar-refractivity contribution in [2.75, 3.05) is 0 Å². The third-order valence-electron chi connectivity index (χ3n) is 4.25. The molecule has 0 unspecified atom stereocenters. The molecule has 2 heterocycles. The minimum absolute atomic E-state index is 0.127. The number of rotatable bonds is 5. The molecule has 0 saturated heterocycles. The highest BCUT2D eigenvalue weighted by Gasteiger charge is 2.21. The van der Waals surface area contributed by atoms with Gasteiger partial charge in [-0.25, -0.2) is 8.42 Å². The summed E-state index contributed by atoms with van der Waals surface area (Å²) < 4.78 is 36.2. The number of hydrogen-bond donors (Lipinski definition) is 0. The van der Waals surface area contributed by atoms with E-state index in [2.05, 4.69) is 10.1 Å². The Morgan fingerprint density at radius 1 is 1.00 bits per heavy atom. The Morgan fingerprint density at radius 3 is 2.55 bits per heavy atom. The van der Waals surface area contributed by atoms with Crippen molar-refractivity contribution >= 4 is 33.0 Å². The summed E-state index contributed by atoms with van der Waals surface area (Å²) in [5, 5.41) is 4.79. The van der Waals surface area contributed by atoms with E-state index in [4.69, 9.17) is 32.1 Å². The summed E-state index contributed by atoms with van der Waals surface area (Å²) in [7, 11) is -3.63. The van der Waals surface area contributed by atoms with E-state index >= 15 is 0 Å². The van der Waals surface area contributed by atoms with E-state index in [0.29, 0.717) is 21.4 Å². The van der Waals surface area contributed by atoms with Crippen LogP contribution in [0.25, 0.3) is 23.0 Å². The van der Waals surface area contributed by atoms with Crippen LogP contribution in [-0.2, 0) is 15.6 Å². The van der Waals surface area contributed by atoms with Gasteiger partial charge in [-0.3, -0.25) is 0 Å². The molecule has 6 nitrogen and oxygen atoms in total. The molecule has 4 aromatic rings. The summed E-state index contributed by atoms with van der Waals surface area (Å²) in [5.74, 6) is 0.627. The molecule has 2 aromatic heterocycles. The molecule has 0 atom stereocenters. The smallest absolute Gasteiger partial charge is 0.293 e. The zero-order valence-electron chi connectivity index (χ0n) is 15.1. The zero-order chi connectivity index (χ0) is 20.6. The van der Waals surface area contributed by atoms with Crippen molar-refractivity contribution in [1.82, 2.24) is 10.1 Å². The van der Waals surface area contributed by atoms with Gasteiger partial charge in [0.15, 0.2) is 15.6 Å². The summed E-state index contributed by atoms with van der Waals surface area (Å²) in [5.41, 5.74) is 1.42. The van der Waals surface area contributed by atoms with Gasteiger partial charge in [0.05, 0.1) is 9.92 Å². The summed E-state index contributed by atoms with van der Waals surface area (Å²) in [6.45, 7) is 1.80. The van der Waals surface area contributed by atoms with Crippen molar-refractivity contribution in [2.24, 2.45) is 0 Å². The van der Waals surface area contributed by atoms with Crippen molar-refractivity contribution in [3.05, 3.63) is 76.0 Å². The number of nitrogens with zero attached hydrogens (tertiary/aromatic N) is 2. The summed E-state index contributed by atoms with van der Waals surface area (Å²) >= 11 is 12.2. The molecule has 0 aliphatic rings. The average Bonchev–Trinajstić information content (AvgIpc) is 3.33. The SMILES string of the molecule is Cc1ccc(S(=O)(=O)Cc2ccc(-c3nc(-c4ccccc4Cl)no3)o2)cc1Cl. The number of aromatic nitrogens is 2. The lowest BCUT2D eigenvalue weighted by atomic mass is 10.2. The predicted octanol–water partition coefficient (Wildman–Crippen LogP) is 5.59. The molecular formula is C20H14Cl2N2O4S. The van der Waals surface area contributed by atoms with Gasteiger partial charge >= 0.3 is 0 Å². The molecule has 0 radical (unpaired) electrons. The zero-order valence-corrected chi connectivity index (χ0v) is 17.4. The molecule has 4 rings (SSSR count). The molecule has 0 amide bonds. The van der Waals surface area contributed by atoms with Gasteiger partial charge < -0.3 is 8.94 Å². The molecule has 0 bridgehead atoms. The molecule has 0 aliphatic heterocycles. The maximum absolute atomic E-state index is 12.7. The van der Waals surface area contributed by atoms with E-state index in [0.717, 1.165) is 5.56 Å². The standard InChI is InChI=1S/C20H14Cl2N2O4S/c1-12-6-8-14(10-17(12)22)29(25,26)11-13-7-9-18(27-13)20-23-19(24-28-20)15-4-2-3-5-16(15)21/h2-10H,11H2,1H3. The molecular weight excluding hydrogens is 435 g/mol. The van der Waals surface area contributed by atoms with Gasteiger partial charge in [0.25, 0.3) is 5.89 Å². The second-order valence-corrected chi connectivity index (χ2v) is 9.14. The van der Waals surface area contributed by atoms with E-state index in [1.165, 1.54) is 12.1 Å². The van der Waals surface area contributed by atoms with Gasteiger partial charge in [-0.1, -0.05) is 46.6 Å². The number of benzene rings is 2. The first-order valence-electron chi connectivity index (χ1n) is 8.50. The lowest BCUT2D eigenvalue weighted by Crippen LogP contribution is -2.04.